The number of nitrogens with one attached hydrogen (secondary N) is 1. The van der Waals surface area contributed by atoms with Crippen molar-refractivity contribution in [2.75, 3.05) is 16.8 Å². The molecule has 128 valence electrons. The van der Waals surface area contributed by atoms with Crippen molar-refractivity contribution in [1.82, 2.24) is 25.2 Å². The summed E-state index contributed by atoms with van der Waals surface area (Å²) in [6.45, 7) is 0. The lowest BCUT2D eigenvalue weighted by atomic mass is 10.1. The van der Waals surface area contributed by atoms with Crippen molar-refractivity contribution in [2.45, 2.75) is 12.8 Å². The van der Waals surface area contributed by atoms with Crippen molar-refractivity contribution in [3.63, 3.8) is 0 Å². The van der Waals surface area contributed by atoms with E-state index in [0.717, 1.165) is 41.3 Å². The number of thioether (sulfide) groups is 1. The highest BCUT2D eigenvalue weighted by atomic mass is 32.2. The lowest BCUT2D eigenvalue weighted by Gasteiger charge is -2.19. The van der Waals surface area contributed by atoms with Crippen LogP contribution in [0.3, 0.4) is 0 Å². The van der Waals surface area contributed by atoms with Gasteiger partial charge in [-0.2, -0.15) is 11.8 Å². The van der Waals surface area contributed by atoms with E-state index in [1.807, 2.05) is 41.4 Å². The largest absolute Gasteiger partial charge is 0.302 e. The molecule has 0 aliphatic carbocycles. The molecule has 3 heterocycles. The molecule has 1 fully saturated rings. The number of nitrogens with zero attached hydrogens (tertiary/aromatic N) is 5. The standard InChI is InChI=1S/C16H16N6OS2/c23-15(12-4-2-6-24-8-12)19-16-18-14(9-25-16)11-3-1-5-13(7-11)22-10-17-20-21-22/h1,3,5,7,9-10,12H,2,4,6,8H2,(H,18,19,23). The molecule has 2 aromatic heterocycles. The molecule has 25 heavy (non-hydrogen) atoms. The van der Waals surface area contributed by atoms with E-state index in [4.69, 9.17) is 0 Å². The van der Waals surface area contributed by atoms with Crippen molar-refractivity contribution in [1.29, 1.82) is 0 Å². The van der Waals surface area contributed by atoms with Gasteiger partial charge in [-0.25, -0.2) is 9.67 Å². The van der Waals surface area contributed by atoms with Crippen LogP contribution >= 0.6 is 23.1 Å². The fourth-order valence-corrected chi connectivity index (χ4v) is 4.57. The number of aromatic nitrogens is 5. The van der Waals surface area contributed by atoms with Gasteiger partial charge in [-0.1, -0.05) is 12.1 Å². The SMILES string of the molecule is O=C(Nc1nc(-c2cccc(-n3cnnn3)c2)cs1)C1CCCSC1. The molecule has 9 heteroatoms. The number of hydrogen-bond donors (Lipinski definition) is 1. The van der Waals surface area contributed by atoms with Crippen LogP contribution in [0.5, 0.6) is 0 Å². The molecular weight excluding hydrogens is 356 g/mol. The number of carbonyl (C=O) groups is 1. The van der Waals surface area contributed by atoms with E-state index in [0.29, 0.717) is 5.13 Å². The van der Waals surface area contributed by atoms with Crippen LogP contribution in [0.2, 0.25) is 0 Å². The van der Waals surface area contributed by atoms with Crippen molar-refractivity contribution in [2.24, 2.45) is 5.92 Å². The van der Waals surface area contributed by atoms with Crippen molar-refractivity contribution < 1.29 is 4.79 Å². The van der Waals surface area contributed by atoms with E-state index in [1.54, 1.807) is 11.0 Å². The van der Waals surface area contributed by atoms with E-state index >= 15 is 0 Å². The smallest absolute Gasteiger partial charge is 0.230 e. The first-order chi connectivity index (χ1) is 12.3. The first-order valence-electron chi connectivity index (χ1n) is 7.97. The van der Waals surface area contributed by atoms with Crippen LogP contribution in [0.1, 0.15) is 12.8 Å². The predicted octanol–water partition coefficient (Wildman–Crippen LogP) is 2.87. The summed E-state index contributed by atoms with van der Waals surface area (Å²) < 4.78 is 1.60. The number of carbonyl (C=O) groups excluding carboxylic acids is 1. The Hall–Kier alpha value is -2.26. The quantitative estimate of drug-likeness (QED) is 0.758. The van der Waals surface area contributed by atoms with Gasteiger partial charge in [-0.3, -0.25) is 4.79 Å². The number of amides is 1. The zero-order chi connectivity index (χ0) is 17.1. The molecule has 1 aliphatic rings. The van der Waals surface area contributed by atoms with Gasteiger partial charge in [0.1, 0.15) is 6.33 Å². The van der Waals surface area contributed by atoms with E-state index in [-0.39, 0.29) is 11.8 Å². The average Bonchev–Trinajstić information content (AvgIpc) is 3.35. The van der Waals surface area contributed by atoms with Gasteiger partial charge in [0.05, 0.1) is 11.4 Å². The Morgan fingerprint density at radius 2 is 2.32 bits per heavy atom. The van der Waals surface area contributed by atoms with Crippen LogP contribution in [-0.4, -0.2) is 42.6 Å². The van der Waals surface area contributed by atoms with E-state index < -0.39 is 0 Å². The molecule has 1 aromatic carbocycles. The summed E-state index contributed by atoms with van der Waals surface area (Å²) >= 11 is 3.29. The highest BCUT2D eigenvalue weighted by molar-refractivity contribution is 7.99. The third-order valence-electron chi connectivity index (χ3n) is 4.02. The Morgan fingerprint density at radius 3 is 3.12 bits per heavy atom. The summed E-state index contributed by atoms with van der Waals surface area (Å²) in [4.78, 5) is 16.9. The molecule has 0 bridgehead atoms. The minimum absolute atomic E-state index is 0.0792. The number of anilines is 1. The Morgan fingerprint density at radius 1 is 1.36 bits per heavy atom. The normalized spacial score (nSPS) is 17.4. The average molecular weight is 372 g/mol. The summed E-state index contributed by atoms with van der Waals surface area (Å²) in [7, 11) is 0. The van der Waals surface area contributed by atoms with Crippen molar-refractivity contribution in [3.05, 3.63) is 36.0 Å². The van der Waals surface area contributed by atoms with Crippen LogP contribution in [0.15, 0.2) is 36.0 Å². The van der Waals surface area contributed by atoms with Crippen LogP contribution in [0.4, 0.5) is 5.13 Å². The topological polar surface area (TPSA) is 85.6 Å². The van der Waals surface area contributed by atoms with Gasteiger partial charge in [0.2, 0.25) is 5.91 Å². The molecular formula is C16H16N6OS2. The fraction of sp³-hybridized carbons (Fsp3) is 0.312. The predicted molar refractivity (Wildman–Crippen MR) is 98.9 cm³/mol. The molecule has 1 aliphatic heterocycles. The third-order valence-corrected chi connectivity index (χ3v) is 5.99. The Labute approximate surface area is 152 Å². The van der Waals surface area contributed by atoms with Gasteiger partial charge >= 0.3 is 0 Å². The van der Waals surface area contributed by atoms with Crippen LogP contribution < -0.4 is 5.32 Å². The molecule has 1 atom stereocenters. The van der Waals surface area contributed by atoms with Gasteiger partial charge < -0.3 is 5.32 Å². The molecule has 4 rings (SSSR count). The monoisotopic (exact) mass is 372 g/mol. The van der Waals surface area contributed by atoms with Crippen LogP contribution in [0, 0.1) is 5.92 Å². The number of tetrazole rings is 1. The molecule has 1 amide bonds. The molecule has 1 N–H and O–H groups in total. The molecule has 1 unspecified atom stereocenters. The first kappa shape index (κ1) is 16.2. The molecule has 1 saturated heterocycles. The zero-order valence-electron chi connectivity index (χ0n) is 13.3. The van der Waals surface area contributed by atoms with Gasteiger partial charge in [0.25, 0.3) is 0 Å². The van der Waals surface area contributed by atoms with Gasteiger partial charge in [-0.15, -0.1) is 16.4 Å². The molecule has 3 aromatic rings. The maximum atomic E-state index is 12.3. The van der Waals surface area contributed by atoms with Crippen molar-refractivity contribution >= 4 is 34.1 Å². The lowest BCUT2D eigenvalue weighted by Crippen LogP contribution is -2.27. The van der Waals surface area contributed by atoms with Crippen molar-refractivity contribution in [3.8, 4) is 16.9 Å². The maximum Gasteiger partial charge on any atom is 0.230 e. The molecule has 0 saturated carbocycles. The van der Waals surface area contributed by atoms with E-state index in [9.17, 15) is 4.79 Å². The lowest BCUT2D eigenvalue weighted by molar-refractivity contribution is -0.119. The molecule has 7 nitrogen and oxygen atoms in total. The Balaban J connectivity index is 1.49. The Bertz CT molecular complexity index is 857. The highest BCUT2D eigenvalue weighted by Crippen LogP contribution is 2.28. The van der Waals surface area contributed by atoms with Crippen LogP contribution in [-0.2, 0) is 4.79 Å². The summed E-state index contributed by atoms with van der Waals surface area (Å²) in [5.41, 5.74) is 2.64. The van der Waals surface area contributed by atoms with Crippen LogP contribution in [0.25, 0.3) is 16.9 Å². The number of rotatable bonds is 4. The first-order valence-corrected chi connectivity index (χ1v) is 10.0. The second-order valence-corrected chi connectivity index (χ2v) is 7.75. The number of thiazole rings is 1. The third kappa shape index (κ3) is 3.72. The Kier molecular flexibility index (Phi) is 4.75. The van der Waals surface area contributed by atoms with Gasteiger partial charge in [0.15, 0.2) is 5.13 Å². The molecule has 0 radical (unpaired) electrons. The minimum atomic E-state index is 0.0792. The number of hydrogen-bond acceptors (Lipinski definition) is 7. The minimum Gasteiger partial charge on any atom is -0.302 e. The van der Waals surface area contributed by atoms with E-state index in [2.05, 4.69) is 25.8 Å². The van der Waals surface area contributed by atoms with Gasteiger partial charge in [-0.05, 0) is 41.2 Å². The second-order valence-electron chi connectivity index (χ2n) is 5.75. The highest BCUT2D eigenvalue weighted by Gasteiger charge is 2.22. The summed E-state index contributed by atoms with van der Waals surface area (Å²) in [5.74, 6) is 2.23. The fourth-order valence-electron chi connectivity index (χ4n) is 2.71. The molecule has 0 spiro atoms. The van der Waals surface area contributed by atoms with E-state index in [1.165, 1.54) is 11.3 Å². The summed E-state index contributed by atoms with van der Waals surface area (Å²) in [5, 5.41) is 16.8. The van der Waals surface area contributed by atoms with Gasteiger partial charge in [0, 0.05) is 22.6 Å². The summed E-state index contributed by atoms with van der Waals surface area (Å²) in [6, 6.07) is 7.81. The number of benzene rings is 1. The second kappa shape index (κ2) is 7.32. The maximum absolute atomic E-state index is 12.3. The zero-order valence-corrected chi connectivity index (χ0v) is 15.0. The summed E-state index contributed by atoms with van der Waals surface area (Å²) in [6.07, 6.45) is 3.62.